The number of nitrogens with zero attached hydrogens (tertiary/aromatic N) is 1. The van der Waals surface area contributed by atoms with E-state index in [2.05, 4.69) is 6.92 Å². The fraction of sp³-hybridized carbons (Fsp3) is 0.357. The van der Waals surface area contributed by atoms with Gasteiger partial charge >= 0.3 is 5.97 Å². The summed E-state index contributed by atoms with van der Waals surface area (Å²) in [6.45, 7) is 2.70. The van der Waals surface area contributed by atoms with Crippen molar-refractivity contribution in [2.75, 3.05) is 6.61 Å². The van der Waals surface area contributed by atoms with Crippen molar-refractivity contribution in [2.45, 2.75) is 26.3 Å². The Bertz CT molecular complexity index is 545. The predicted octanol–water partition coefficient (Wildman–Crippen LogP) is 2.69. The molecule has 1 N–H and O–H groups in total. The van der Waals surface area contributed by atoms with Crippen LogP contribution in [0.25, 0.3) is 10.9 Å². The van der Waals surface area contributed by atoms with E-state index in [1.165, 1.54) is 0 Å². The number of phenolic OH excluding ortho intramolecular Hbond substituents is 1. The van der Waals surface area contributed by atoms with Gasteiger partial charge in [-0.25, -0.2) is 0 Å². The zero-order chi connectivity index (χ0) is 13.0. The molecule has 1 aromatic carbocycles. The third-order valence-corrected chi connectivity index (χ3v) is 2.82. The van der Waals surface area contributed by atoms with Gasteiger partial charge in [-0.15, -0.1) is 0 Å². The summed E-state index contributed by atoms with van der Waals surface area (Å²) in [7, 11) is 0. The van der Waals surface area contributed by atoms with Crippen molar-refractivity contribution < 1.29 is 14.6 Å². The lowest BCUT2D eigenvalue weighted by molar-refractivity contribution is -0.144. The van der Waals surface area contributed by atoms with Crippen LogP contribution in [0.3, 0.4) is 0 Å². The van der Waals surface area contributed by atoms with Crippen LogP contribution in [0.2, 0.25) is 0 Å². The van der Waals surface area contributed by atoms with E-state index >= 15 is 0 Å². The first-order valence-corrected chi connectivity index (χ1v) is 6.14. The number of hydrogen-bond donors (Lipinski definition) is 1. The molecule has 0 saturated heterocycles. The van der Waals surface area contributed by atoms with Crippen molar-refractivity contribution in [3.8, 4) is 5.75 Å². The van der Waals surface area contributed by atoms with Gasteiger partial charge in [0.25, 0.3) is 0 Å². The Kier molecular flexibility index (Phi) is 3.87. The molecule has 0 aliphatic heterocycles. The van der Waals surface area contributed by atoms with Crippen molar-refractivity contribution >= 4 is 16.9 Å². The van der Waals surface area contributed by atoms with Crippen LogP contribution >= 0.6 is 0 Å². The van der Waals surface area contributed by atoms with Crippen LogP contribution in [0.5, 0.6) is 5.75 Å². The van der Waals surface area contributed by atoms with Crippen LogP contribution in [0.1, 0.15) is 19.8 Å². The molecule has 1 aromatic heterocycles. The SMILES string of the molecule is CCCCOC(=O)Cn1ccc2ccc(O)cc21. The summed E-state index contributed by atoms with van der Waals surface area (Å²) >= 11 is 0. The van der Waals surface area contributed by atoms with Crippen molar-refractivity contribution in [2.24, 2.45) is 0 Å². The predicted molar refractivity (Wildman–Crippen MR) is 69.5 cm³/mol. The second-order valence-electron chi connectivity index (χ2n) is 4.26. The molecule has 0 unspecified atom stereocenters. The number of esters is 1. The molecule has 0 aliphatic carbocycles. The highest BCUT2D eigenvalue weighted by atomic mass is 16.5. The quantitative estimate of drug-likeness (QED) is 0.653. The van der Waals surface area contributed by atoms with Crippen LogP contribution in [0, 0.1) is 0 Å². The first kappa shape index (κ1) is 12.5. The van der Waals surface area contributed by atoms with Crippen LogP contribution in [0.4, 0.5) is 0 Å². The van der Waals surface area contributed by atoms with Crippen LogP contribution in [-0.4, -0.2) is 22.2 Å². The van der Waals surface area contributed by atoms with Gasteiger partial charge in [-0.1, -0.05) is 13.3 Å². The molecular formula is C14H17NO3. The molecule has 4 nitrogen and oxygen atoms in total. The minimum Gasteiger partial charge on any atom is -0.508 e. The number of benzene rings is 1. The van der Waals surface area contributed by atoms with Crippen LogP contribution in [-0.2, 0) is 16.1 Å². The average Bonchev–Trinajstić information content (AvgIpc) is 2.72. The van der Waals surface area contributed by atoms with Crippen molar-refractivity contribution in [1.29, 1.82) is 0 Å². The maximum absolute atomic E-state index is 11.6. The molecule has 0 aliphatic rings. The average molecular weight is 247 g/mol. The molecule has 0 atom stereocenters. The highest BCUT2D eigenvalue weighted by Gasteiger charge is 2.07. The normalized spacial score (nSPS) is 10.7. The lowest BCUT2D eigenvalue weighted by Gasteiger charge is -2.06. The van der Waals surface area contributed by atoms with Gasteiger partial charge in [0.2, 0.25) is 0 Å². The van der Waals surface area contributed by atoms with Gasteiger partial charge in [0.1, 0.15) is 12.3 Å². The molecular weight excluding hydrogens is 230 g/mol. The van der Waals surface area contributed by atoms with E-state index in [9.17, 15) is 9.90 Å². The van der Waals surface area contributed by atoms with Gasteiger partial charge < -0.3 is 14.4 Å². The first-order valence-electron chi connectivity index (χ1n) is 6.14. The fourth-order valence-electron chi connectivity index (χ4n) is 1.83. The van der Waals surface area contributed by atoms with Gasteiger partial charge in [0.15, 0.2) is 0 Å². The third kappa shape index (κ3) is 2.83. The summed E-state index contributed by atoms with van der Waals surface area (Å²) in [5.74, 6) is -0.0499. The van der Waals surface area contributed by atoms with Gasteiger partial charge in [0, 0.05) is 12.3 Å². The Balaban J connectivity index is 2.07. The highest BCUT2D eigenvalue weighted by Crippen LogP contribution is 2.20. The van der Waals surface area contributed by atoms with E-state index in [1.807, 2.05) is 18.3 Å². The summed E-state index contributed by atoms with van der Waals surface area (Å²) in [5, 5.41) is 10.4. The summed E-state index contributed by atoms with van der Waals surface area (Å²) in [6, 6.07) is 7.01. The summed E-state index contributed by atoms with van der Waals surface area (Å²) < 4.78 is 6.89. The maximum Gasteiger partial charge on any atom is 0.325 e. The Morgan fingerprint density at radius 1 is 1.39 bits per heavy atom. The monoisotopic (exact) mass is 247 g/mol. The van der Waals surface area contributed by atoms with Gasteiger partial charge in [-0.2, -0.15) is 0 Å². The van der Waals surface area contributed by atoms with E-state index in [0.29, 0.717) is 6.61 Å². The van der Waals surface area contributed by atoms with E-state index in [-0.39, 0.29) is 18.3 Å². The molecule has 1 heterocycles. The molecule has 0 spiro atoms. The molecule has 2 aromatic rings. The summed E-state index contributed by atoms with van der Waals surface area (Å²) in [4.78, 5) is 11.6. The fourth-order valence-corrected chi connectivity index (χ4v) is 1.83. The Morgan fingerprint density at radius 2 is 2.22 bits per heavy atom. The highest BCUT2D eigenvalue weighted by molar-refractivity contribution is 5.83. The zero-order valence-corrected chi connectivity index (χ0v) is 10.4. The van der Waals surface area contributed by atoms with E-state index in [4.69, 9.17) is 4.74 Å². The van der Waals surface area contributed by atoms with Crippen LogP contribution in [0.15, 0.2) is 30.5 Å². The number of carbonyl (C=O) groups excluding carboxylic acids is 1. The number of unbranched alkanes of at least 4 members (excludes halogenated alkanes) is 1. The lowest BCUT2D eigenvalue weighted by Crippen LogP contribution is -2.13. The van der Waals surface area contributed by atoms with E-state index < -0.39 is 0 Å². The Hall–Kier alpha value is -1.97. The van der Waals surface area contributed by atoms with E-state index in [0.717, 1.165) is 23.7 Å². The maximum atomic E-state index is 11.6. The van der Waals surface area contributed by atoms with Gasteiger partial charge in [0.05, 0.1) is 12.1 Å². The molecule has 0 saturated carbocycles. The summed E-state index contributed by atoms with van der Waals surface area (Å²) in [6.07, 6.45) is 3.72. The molecule has 96 valence electrons. The number of carbonyl (C=O) groups is 1. The molecule has 0 bridgehead atoms. The lowest BCUT2D eigenvalue weighted by atomic mass is 10.2. The number of rotatable bonds is 5. The Morgan fingerprint density at radius 3 is 3.00 bits per heavy atom. The van der Waals surface area contributed by atoms with Crippen LogP contribution < -0.4 is 0 Å². The second kappa shape index (κ2) is 5.58. The molecule has 0 radical (unpaired) electrons. The molecule has 0 fully saturated rings. The first-order chi connectivity index (χ1) is 8.70. The number of fused-ring (bicyclic) bond motifs is 1. The van der Waals surface area contributed by atoms with Crippen molar-refractivity contribution in [3.63, 3.8) is 0 Å². The largest absolute Gasteiger partial charge is 0.508 e. The van der Waals surface area contributed by atoms with Crippen molar-refractivity contribution in [1.82, 2.24) is 4.57 Å². The molecule has 2 rings (SSSR count). The zero-order valence-electron chi connectivity index (χ0n) is 10.4. The van der Waals surface area contributed by atoms with E-state index in [1.54, 1.807) is 16.7 Å². The summed E-state index contributed by atoms with van der Waals surface area (Å²) in [5.41, 5.74) is 0.836. The number of ether oxygens (including phenoxy) is 1. The number of phenols is 1. The molecule has 4 heteroatoms. The van der Waals surface area contributed by atoms with Gasteiger partial charge in [-0.05, 0) is 30.0 Å². The Labute approximate surface area is 106 Å². The number of hydrogen-bond acceptors (Lipinski definition) is 3. The minimum absolute atomic E-state index is 0.177. The second-order valence-corrected chi connectivity index (χ2v) is 4.26. The number of aromatic nitrogens is 1. The number of aromatic hydroxyl groups is 1. The smallest absolute Gasteiger partial charge is 0.325 e. The molecule has 18 heavy (non-hydrogen) atoms. The standard InChI is InChI=1S/C14H17NO3/c1-2-3-8-18-14(17)10-15-7-6-11-4-5-12(16)9-13(11)15/h4-7,9,16H,2-3,8,10H2,1H3. The topological polar surface area (TPSA) is 51.5 Å². The third-order valence-electron chi connectivity index (χ3n) is 2.82. The minimum atomic E-state index is -0.246. The van der Waals surface area contributed by atoms with Gasteiger partial charge in [-0.3, -0.25) is 4.79 Å². The van der Waals surface area contributed by atoms with Crippen molar-refractivity contribution in [3.05, 3.63) is 30.5 Å². The molecule has 0 amide bonds.